The molecule has 1 aromatic rings. The third-order valence-corrected chi connectivity index (χ3v) is 3.01. The van der Waals surface area contributed by atoms with Gasteiger partial charge in [0.05, 0.1) is 31.2 Å². The van der Waals surface area contributed by atoms with Gasteiger partial charge in [-0.25, -0.2) is 4.39 Å². The quantitative estimate of drug-likeness (QED) is 0.747. The number of nitrogens with two attached hydrogens (primary N) is 1. The molecule has 9 heteroatoms. The van der Waals surface area contributed by atoms with Gasteiger partial charge in [-0.2, -0.15) is 13.2 Å². The van der Waals surface area contributed by atoms with Crippen LogP contribution in [0.15, 0.2) is 18.2 Å². The SMILES string of the molecule is Fc1cc(N2CC[NH2+]CC2)ccc1Cl.O=C([O-])C(F)(F)F. The van der Waals surface area contributed by atoms with Crippen molar-refractivity contribution in [1.29, 1.82) is 0 Å². The van der Waals surface area contributed by atoms with Crippen LogP contribution in [0.4, 0.5) is 23.2 Å². The van der Waals surface area contributed by atoms with Crippen LogP contribution in [0.3, 0.4) is 0 Å². The molecule has 0 radical (unpaired) electrons. The zero-order chi connectivity index (χ0) is 16.0. The lowest BCUT2D eigenvalue weighted by molar-refractivity contribution is -0.655. The van der Waals surface area contributed by atoms with E-state index in [0.717, 1.165) is 31.9 Å². The Morgan fingerprint density at radius 1 is 1.29 bits per heavy atom. The first kappa shape index (κ1) is 17.5. The number of quaternary nitrogens is 1. The second-order valence-corrected chi connectivity index (χ2v) is 4.64. The van der Waals surface area contributed by atoms with Crippen LogP contribution in [0.25, 0.3) is 0 Å². The minimum Gasteiger partial charge on any atom is -0.542 e. The lowest BCUT2D eigenvalue weighted by Crippen LogP contribution is -2.89. The summed E-state index contributed by atoms with van der Waals surface area (Å²) in [4.78, 5) is 11.0. The van der Waals surface area contributed by atoms with E-state index in [4.69, 9.17) is 21.5 Å². The molecule has 0 aromatic heterocycles. The lowest BCUT2D eigenvalue weighted by atomic mass is 10.2. The Morgan fingerprint density at radius 3 is 2.24 bits per heavy atom. The number of hydrogen-bond acceptors (Lipinski definition) is 3. The van der Waals surface area contributed by atoms with Crippen LogP contribution < -0.4 is 15.3 Å². The number of benzene rings is 1. The topological polar surface area (TPSA) is 60.0 Å². The van der Waals surface area contributed by atoms with Gasteiger partial charge in [-0.15, -0.1) is 0 Å². The number of hydrogen-bond donors (Lipinski definition) is 1. The van der Waals surface area contributed by atoms with E-state index in [1.165, 1.54) is 6.07 Å². The summed E-state index contributed by atoms with van der Waals surface area (Å²) in [6.07, 6.45) is -5.19. The van der Waals surface area contributed by atoms with Crippen LogP contribution >= 0.6 is 11.6 Å². The van der Waals surface area contributed by atoms with E-state index in [1.54, 1.807) is 6.07 Å². The monoisotopic (exact) mass is 328 g/mol. The van der Waals surface area contributed by atoms with Gasteiger partial charge in [-0.3, -0.25) is 0 Å². The van der Waals surface area contributed by atoms with E-state index >= 15 is 0 Å². The zero-order valence-electron chi connectivity index (χ0n) is 10.8. The average molecular weight is 329 g/mol. The number of carboxylic acids is 1. The van der Waals surface area contributed by atoms with Crippen molar-refractivity contribution in [2.75, 3.05) is 31.1 Å². The highest BCUT2D eigenvalue weighted by Crippen LogP contribution is 2.21. The molecule has 0 amide bonds. The summed E-state index contributed by atoms with van der Waals surface area (Å²) in [5.41, 5.74) is 0.931. The highest BCUT2D eigenvalue weighted by Gasteiger charge is 2.28. The fourth-order valence-corrected chi connectivity index (χ4v) is 1.81. The Bertz CT molecular complexity index is 491. The van der Waals surface area contributed by atoms with Crippen molar-refractivity contribution in [2.45, 2.75) is 6.18 Å². The number of aliphatic carboxylic acids is 1. The van der Waals surface area contributed by atoms with E-state index < -0.39 is 12.1 Å². The molecule has 0 unspecified atom stereocenters. The third-order valence-electron chi connectivity index (χ3n) is 2.71. The zero-order valence-corrected chi connectivity index (χ0v) is 11.5. The van der Waals surface area contributed by atoms with Gasteiger partial charge in [0.15, 0.2) is 0 Å². The molecular weight excluding hydrogens is 316 g/mol. The number of nitrogens with zero attached hydrogens (tertiary/aromatic N) is 1. The number of piperazine rings is 1. The van der Waals surface area contributed by atoms with Crippen LogP contribution in [0.2, 0.25) is 5.02 Å². The van der Waals surface area contributed by atoms with Crippen molar-refractivity contribution in [3.05, 3.63) is 29.0 Å². The van der Waals surface area contributed by atoms with Gasteiger partial charge in [-0.1, -0.05) is 11.6 Å². The Balaban J connectivity index is 0.000000270. The molecule has 1 aliphatic rings. The van der Waals surface area contributed by atoms with Crippen molar-refractivity contribution < 1.29 is 32.8 Å². The van der Waals surface area contributed by atoms with Crippen molar-refractivity contribution >= 4 is 23.3 Å². The molecule has 1 aliphatic heterocycles. The Kier molecular flexibility index (Phi) is 6.22. The number of carbonyl (C=O) groups excluding carboxylic acids is 1. The summed E-state index contributed by atoms with van der Waals surface area (Å²) in [5.74, 6) is -3.34. The van der Waals surface area contributed by atoms with E-state index in [9.17, 15) is 17.6 Å². The van der Waals surface area contributed by atoms with E-state index in [0.29, 0.717) is 0 Å². The first-order chi connectivity index (χ1) is 9.71. The molecule has 1 fully saturated rings. The molecule has 1 saturated heterocycles. The van der Waals surface area contributed by atoms with Crippen molar-refractivity contribution in [1.82, 2.24) is 0 Å². The van der Waals surface area contributed by atoms with Gasteiger partial charge in [0.2, 0.25) is 0 Å². The first-order valence-corrected chi connectivity index (χ1v) is 6.39. The molecule has 1 aromatic carbocycles. The Hall–Kier alpha value is -1.54. The average Bonchev–Trinajstić information content (AvgIpc) is 2.42. The first-order valence-electron chi connectivity index (χ1n) is 6.01. The number of carboxylic acid groups (broad SMARTS) is 1. The van der Waals surface area contributed by atoms with E-state index in [2.05, 4.69) is 10.2 Å². The molecular formula is C12H13ClF4N2O2. The van der Waals surface area contributed by atoms with Crippen LogP contribution in [-0.2, 0) is 4.79 Å². The molecule has 0 spiro atoms. The standard InChI is InChI=1S/C10H12ClFN2.C2HF3O2/c11-9-2-1-8(7-10(9)12)14-5-3-13-4-6-14;3-2(4,5)1(6)7/h1-2,7,13H,3-6H2;(H,6,7). The fourth-order valence-electron chi connectivity index (χ4n) is 1.69. The van der Waals surface area contributed by atoms with Crippen LogP contribution in [0, 0.1) is 5.82 Å². The molecule has 0 atom stereocenters. The number of rotatable bonds is 1. The maximum atomic E-state index is 13.2. The van der Waals surface area contributed by atoms with Gasteiger partial charge in [-0.05, 0) is 18.2 Å². The van der Waals surface area contributed by atoms with E-state index in [-0.39, 0.29) is 10.8 Å². The number of alkyl halides is 3. The Morgan fingerprint density at radius 2 is 1.81 bits per heavy atom. The minimum atomic E-state index is -5.19. The van der Waals surface area contributed by atoms with Gasteiger partial charge in [0, 0.05) is 5.69 Å². The lowest BCUT2D eigenvalue weighted by Gasteiger charge is -2.27. The summed E-state index contributed by atoms with van der Waals surface area (Å²) in [6, 6.07) is 4.99. The summed E-state index contributed by atoms with van der Waals surface area (Å²) in [7, 11) is 0. The van der Waals surface area contributed by atoms with Crippen LogP contribution in [0.5, 0.6) is 0 Å². The highest BCUT2D eigenvalue weighted by molar-refractivity contribution is 6.30. The number of anilines is 1. The molecule has 2 N–H and O–H groups in total. The largest absolute Gasteiger partial charge is 0.542 e. The van der Waals surface area contributed by atoms with Gasteiger partial charge in [0.25, 0.3) is 0 Å². The van der Waals surface area contributed by atoms with Gasteiger partial charge < -0.3 is 20.1 Å². The summed E-state index contributed by atoms with van der Waals surface area (Å²) >= 11 is 5.62. The smallest absolute Gasteiger partial charge is 0.430 e. The molecule has 0 aliphatic carbocycles. The van der Waals surface area contributed by atoms with Crippen molar-refractivity contribution in [3.8, 4) is 0 Å². The molecule has 4 nitrogen and oxygen atoms in total. The van der Waals surface area contributed by atoms with Crippen molar-refractivity contribution in [2.24, 2.45) is 0 Å². The fraction of sp³-hybridized carbons (Fsp3) is 0.417. The second kappa shape index (κ2) is 7.46. The molecule has 0 saturated carbocycles. The molecule has 21 heavy (non-hydrogen) atoms. The van der Waals surface area contributed by atoms with Crippen LogP contribution in [0.1, 0.15) is 0 Å². The molecule has 118 valence electrons. The van der Waals surface area contributed by atoms with Crippen molar-refractivity contribution in [3.63, 3.8) is 0 Å². The predicted octanol–water partition coefficient (Wildman–Crippen LogP) is 0.161. The summed E-state index contributed by atoms with van der Waals surface area (Å²) in [6.45, 7) is 4.09. The minimum absolute atomic E-state index is 0.192. The third kappa shape index (κ3) is 5.76. The summed E-state index contributed by atoms with van der Waals surface area (Å²) < 4.78 is 44.7. The summed E-state index contributed by atoms with van der Waals surface area (Å²) in [5, 5.41) is 11.2. The maximum absolute atomic E-state index is 13.2. The number of halogens is 5. The molecule has 2 rings (SSSR count). The normalized spacial score (nSPS) is 15.2. The number of carbonyl (C=O) groups is 1. The predicted molar refractivity (Wildman–Crippen MR) is 66.3 cm³/mol. The second-order valence-electron chi connectivity index (χ2n) is 4.24. The van der Waals surface area contributed by atoms with E-state index in [1.807, 2.05) is 6.07 Å². The highest BCUT2D eigenvalue weighted by atomic mass is 35.5. The van der Waals surface area contributed by atoms with Gasteiger partial charge in [0.1, 0.15) is 11.8 Å². The van der Waals surface area contributed by atoms with Gasteiger partial charge >= 0.3 is 6.18 Å². The molecule has 1 heterocycles. The van der Waals surface area contributed by atoms with Crippen LogP contribution in [-0.4, -0.2) is 38.3 Å². The Labute approximate surface area is 123 Å². The molecule has 0 bridgehead atoms. The maximum Gasteiger partial charge on any atom is 0.430 e.